The summed E-state index contributed by atoms with van der Waals surface area (Å²) in [7, 11) is 3.31. The molecule has 0 saturated carbocycles. The number of aliphatic hydroxyl groups excluding tert-OH is 5. The van der Waals surface area contributed by atoms with E-state index >= 15 is 0 Å². The molecular weight excluding hydrogens is 620 g/mol. The number of ether oxygens (including phenoxy) is 4. The monoisotopic (exact) mass is 686 g/mol. The van der Waals surface area contributed by atoms with E-state index in [1.807, 2.05) is 26.0 Å². The summed E-state index contributed by atoms with van der Waals surface area (Å²) in [5.74, 6) is -2.50. The second-order valence-corrected chi connectivity index (χ2v) is 14.7. The lowest BCUT2D eigenvalue weighted by Crippen LogP contribution is -2.43. The second kappa shape index (κ2) is 21.1. The average Bonchev–Trinajstić information content (AvgIpc) is 3.06. The van der Waals surface area contributed by atoms with Crippen LogP contribution < -0.4 is 0 Å². The molecule has 0 aromatic heterocycles. The number of hydrogen-bond donors (Lipinski definition) is 6. The molecule has 0 spiro atoms. The largest absolute Gasteiger partial charge is 0.478 e. The van der Waals surface area contributed by atoms with Crippen LogP contribution in [0.5, 0.6) is 0 Å². The van der Waals surface area contributed by atoms with Gasteiger partial charge in [0, 0.05) is 50.4 Å². The lowest BCUT2D eigenvalue weighted by molar-refractivity contribution is -0.132. The van der Waals surface area contributed by atoms with E-state index in [0.717, 1.165) is 25.7 Å². The molecular formula is C37H66O11. The van der Waals surface area contributed by atoms with Gasteiger partial charge in [-0.05, 0) is 64.7 Å². The molecule has 0 aliphatic carbocycles. The number of aliphatic hydroxyl groups is 5. The predicted octanol–water partition coefficient (Wildman–Crippen LogP) is 4.02. The highest BCUT2D eigenvalue weighted by Crippen LogP contribution is 2.31. The van der Waals surface area contributed by atoms with Crippen LogP contribution in [0, 0.1) is 23.7 Å². The number of rotatable bonds is 21. The van der Waals surface area contributed by atoms with Crippen LogP contribution in [0.4, 0.5) is 0 Å². The minimum atomic E-state index is -1.01. The fourth-order valence-corrected chi connectivity index (χ4v) is 7.11. The molecule has 1 saturated heterocycles. The smallest absolute Gasteiger partial charge is 0.330 e. The topological polar surface area (TPSA) is 175 Å². The van der Waals surface area contributed by atoms with Crippen molar-refractivity contribution >= 4 is 5.97 Å². The van der Waals surface area contributed by atoms with E-state index in [2.05, 4.69) is 6.92 Å². The molecule has 2 aliphatic rings. The summed E-state index contributed by atoms with van der Waals surface area (Å²) >= 11 is 0. The van der Waals surface area contributed by atoms with Crippen molar-refractivity contribution in [2.45, 2.75) is 166 Å². The normalized spacial score (nSPS) is 30.0. The van der Waals surface area contributed by atoms with E-state index in [4.69, 9.17) is 24.1 Å². The first-order valence-corrected chi connectivity index (χ1v) is 17.9. The second-order valence-electron chi connectivity index (χ2n) is 14.7. The Morgan fingerprint density at radius 3 is 2.21 bits per heavy atom. The molecule has 11 heteroatoms. The summed E-state index contributed by atoms with van der Waals surface area (Å²) in [4.78, 5) is 11.0. The van der Waals surface area contributed by atoms with Gasteiger partial charge in [0.2, 0.25) is 0 Å². The maximum Gasteiger partial charge on any atom is 0.330 e. The van der Waals surface area contributed by atoms with Crippen molar-refractivity contribution in [2.24, 2.45) is 23.7 Å². The van der Waals surface area contributed by atoms with Gasteiger partial charge in [-0.2, -0.15) is 0 Å². The number of carboxylic acid groups (broad SMARTS) is 1. The van der Waals surface area contributed by atoms with E-state index in [1.165, 1.54) is 13.0 Å². The maximum atomic E-state index is 11.2. The van der Waals surface area contributed by atoms with Crippen molar-refractivity contribution in [3.05, 3.63) is 23.8 Å². The van der Waals surface area contributed by atoms with Crippen molar-refractivity contribution in [2.75, 3.05) is 14.2 Å². The zero-order chi connectivity index (χ0) is 36.1. The number of methoxy groups -OCH3 is 2. The first-order valence-electron chi connectivity index (χ1n) is 17.9. The molecule has 0 radical (unpaired) electrons. The summed E-state index contributed by atoms with van der Waals surface area (Å²) in [6.45, 7) is 10.9. The molecule has 11 nitrogen and oxygen atoms in total. The van der Waals surface area contributed by atoms with Gasteiger partial charge < -0.3 is 49.6 Å². The van der Waals surface area contributed by atoms with Crippen molar-refractivity contribution in [1.29, 1.82) is 0 Å². The Labute approximate surface area is 288 Å². The fraction of sp³-hybridized carbons (Fsp3) is 0.865. The van der Waals surface area contributed by atoms with Crippen molar-refractivity contribution < 1.29 is 54.4 Å². The lowest BCUT2D eigenvalue weighted by Gasteiger charge is -2.37. The van der Waals surface area contributed by atoms with Gasteiger partial charge in [-0.25, -0.2) is 4.79 Å². The minimum Gasteiger partial charge on any atom is -0.478 e. The summed E-state index contributed by atoms with van der Waals surface area (Å²) < 4.78 is 23.6. The standard InChI is InChI=1S/C37H66O11/c1-21(13-15-30-18-31(45-7)16-23(3)47-30)35(41)26(6)36(42)25(5)33(40)20-32(39)24(4)34(46-8)19-29-11-9-10-28(48-29)17-27(38)14-12-22(2)37(43)44/h9-10,12,21,23-36,38-42H,11,13-20H2,1-8H3,(H,43,44)/b22-12+/t21-,23-,24-,25-,26-,27-,28-,29-,30-,31+,32-,33+,34-,35-,36-/m0/s1. The zero-order valence-electron chi connectivity index (χ0n) is 30.5. The van der Waals surface area contributed by atoms with E-state index in [9.17, 15) is 30.3 Å². The molecule has 0 amide bonds. The number of carboxylic acids is 1. The molecule has 0 bridgehead atoms. The number of hydrogen-bond acceptors (Lipinski definition) is 10. The van der Waals surface area contributed by atoms with Gasteiger partial charge in [0.05, 0.1) is 67.1 Å². The highest BCUT2D eigenvalue weighted by molar-refractivity contribution is 5.85. The van der Waals surface area contributed by atoms with Crippen LogP contribution in [-0.2, 0) is 23.7 Å². The number of aliphatic carboxylic acids is 1. The van der Waals surface area contributed by atoms with Gasteiger partial charge in [-0.15, -0.1) is 0 Å². The summed E-state index contributed by atoms with van der Waals surface area (Å²) in [6, 6.07) is 0. The van der Waals surface area contributed by atoms with Gasteiger partial charge in [0.1, 0.15) is 0 Å². The van der Waals surface area contributed by atoms with E-state index in [-0.39, 0.29) is 66.9 Å². The Hall–Kier alpha value is -1.41. The first kappa shape index (κ1) is 42.8. The van der Waals surface area contributed by atoms with Crippen molar-refractivity contribution in [1.82, 2.24) is 0 Å². The molecule has 2 heterocycles. The van der Waals surface area contributed by atoms with E-state index in [1.54, 1.807) is 28.1 Å². The summed E-state index contributed by atoms with van der Waals surface area (Å²) in [5, 5.41) is 63.8. The van der Waals surface area contributed by atoms with Gasteiger partial charge in [-0.1, -0.05) is 45.9 Å². The van der Waals surface area contributed by atoms with Crippen LogP contribution in [0.25, 0.3) is 0 Å². The SMILES string of the molecule is CO[C@H]1C[C@H](CC[C@H](C)[C@H](O)[C@H](C)[C@@H](O)[C@@H](C)[C@H](O)C[C@H](O)[C@H](C)[C@H](C[C@@H]2CC=C[C@@H](C[C@@H](O)C/C=C(\C)C(=O)O)O2)OC)O[C@@H](C)C1. The molecule has 6 N–H and O–H groups in total. The molecule has 0 aromatic rings. The molecule has 1 fully saturated rings. The maximum absolute atomic E-state index is 11.2. The molecule has 48 heavy (non-hydrogen) atoms. The molecule has 2 rings (SSSR count). The minimum absolute atomic E-state index is 0.0407. The molecule has 280 valence electrons. The van der Waals surface area contributed by atoms with Gasteiger partial charge in [0.15, 0.2) is 0 Å². The molecule has 2 aliphatic heterocycles. The Balaban J connectivity index is 1.84. The van der Waals surface area contributed by atoms with Crippen LogP contribution in [0.2, 0.25) is 0 Å². The van der Waals surface area contributed by atoms with Crippen LogP contribution in [0.3, 0.4) is 0 Å². The fourth-order valence-electron chi connectivity index (χ4n) is 7.11. The van der Waals surface area contributed by atoms with E-state index in [0.29, 0.717) is 19.3 Å². The summed E-state index contributed by atoms with van der Waals surface area (Å²) in [6.07, 6.45) is 5.49. The molecule has 0 unspecified atom stereocenters. The predicted molar refractivity (Wildman–Crippen MR) is 183 cm³/mol. The third-order valence-corrected chi connectivity index (χ3v) is 10.8. The van der Waals surface area contributed by atoms with Crippen molar-refractivity contribution in [3.8, 4) is 0 Å². The number of carbonyl (C=O) groups is 1. The van der Waals surface area contributed by atoms with Gasteiger partial charge >= 0.3 is 5.97 Å². The quantitative estimate of drug-likeness (QED) is 0.0760. The Morgan fingerprint density at radius 2 is 1.58 bits per heavy atom. The van der Waals surface area contributed by atoms with Gasteiger partial charge in [0.25, 0.3) is 0 Å². The van der Waals surface area contributed by atoms with Crippen LogP contribution in [0.15, 0.2) is 23.8 Å². The average molecular weight is 687 g/mol. The summed E-state index contributed by atoms with van der Waals surface area (Å²) in [5.41, 5.74) is 0.186. The van der Waals surface area contributed by atoms with Crippen molar-refractivity contribution in [3.63, 3.8) is 0 Å². The molecule has 0 aromatic carbocycles. The zero-order valence-corrected chi connectivity index (χ0v) is 30.5. The third-order valence-electron chi connectivity index (χ3n) is 10.8. The molecule has 15 atom stereocenters. The highest BCUT2D eigenvalue weighted by atomic mass is 16.5. The van der Waals surface area contributed by atoms with Crippen LogP contribution in [-0.4, -0.2) is 118 Å². The van der Waals surface area contributed by atoms with E-state index < -0.39 is 48.3 Å². The van der Waals surface area contributed by atoms with Gasteiger partial charge in [-0.3, -0.25) is 0 Å². The van der Waals surface area contributed by atoms with Crippen LogP contribution >= 0.6 is 0 Å². The first-order chi connectivity index (χ1) is 22.6. The Morgan fingerprint density at radius 1 is 0.917 bits per heavy atom. The lowest BCUT2D eigenvalue weighted by atomic mass is 9.79. The third kappa shape index (κ3) is 13.7. The van der Waals surface area contributed by atoms with Crippen LogP contribution in [0.1, 0.15) is 99.3 Å². The Kier molecular flexibility index (Phi) is 18.8. The highest BCUT2D eigenvalue weighted by Gasteiger charge is 2.37. The Bertz CT molecular complexity index is 988.